The quantitative estimate of drug-likeness (QED) is 0.622. The Balaban J connectivity index is 1.65. The van der Waals surface area contributed by atoms with Crippen molar-refractivity contribution in [3.63, 3.8) is 0 Å². The van der Waals surface area contributed by atoms with Crippen molar-refractivity contribution in [1.29, 1.82) is 0 Å². The van der Waals surface area contributed by atoms with Gasteiger partial charge in [0.05, 0.1) is 0 Å². The maximum Gasteiger partial charge on any atom is 0.191 e. The Bertz CT molecular complexity index is 719. The maximum atomic E-state index is 6.14. The second kappa shape index (κ2) is 7.21. The molecule has 1 aromatic carbocycles. The molecule has 6 nitrogen and oxygen atoms in total. The van der Waals surface area contributed by atoms with Crippen LogP contribution in [0.4, 0.5) is 0 Å². The van der Waals surface area contributed by atoms with Crippen molar-refractivity contribution in [2.75, 3.05) is 13.1 Å². The molecule has 0 radical (unpaired) electrons. The normalized spacial score (nSPS) is 16.0. The summed E-state index contributed by atoms with van der Waals surface area (Å²) in [4.78, 5) is 4.60. The minimum atomic E-state index is 0.172. The Morgan fingerprint density at radius 3 is 2.83 bits per heavy atom. The fraction of sp³-hybridized carbons (Fsp3) is 0.471. The van der Waals surface area contributed by atoms with E-state index in [9.17, 15) is 0 Å². The van der Waals surface area contributed by atoms with Crippen molar-refractivity contribution >= 4 is 17.6 Å². The second-order valence-electron chi connectivity index (χ2n) is 6.20. The average molecular weight is 347 g/mol. The van der Waals surface area contributed by atoms with Gasteiger partial charge in [-0.3, -0.25) is 0 Å². The third-order valence-corrected chi connectivity index (χ3v) is 4.65. The predicted molar refractivity (Wildman–Crippen MR) is 96.2 cm³/mol. The molecule has 1 aromatic heterocycles. The first kappa shape index (κ1) is 16.8. The van der Waals surface area contributed by atoms with Gasteiger partial charge in [0.1, 0.15) is 12.9 Å². The Labute approximate surface area is 147 Å². The van der Waals surface area contributed by atoms with Crippen LogP contribution in [0.25, 0.3) is 0 Å². The summed E-state index contributed by atoms with van der Waals surface area (Å²) in [6.45, 7) is 4.21. The average Bonchev–Trinajstić information content (AvgIpc) is 3.26. The van der Waals surface area contributed by atoms with E-state index in [-0.39, 0.29) is 5.41 Å². The van der Waals surface area contributed by atoms with Crippen molar-refractivity contribution in [2.45, 2.75) is 31.7 Å². The highest BCUT2D eigenvalue weighted by Gasteiger charge is 2.44. The van der Waals surface area contributed by atoms with E-state index in [2.05, 4.69) is 44.9 Å². The van der Waals surface area contributed by atoms with E-state index >= 15 is 0 Å². The van der Waals surface area contributed by atoms with E-state index in [1.54, 1.807) is 6.33 Å². The van der Waals surface area contributed by atoms with Crippen molar-refractivity contribution in [3.05, 3.63) is 47.0 Å². The van der Waals surface area contributed by atoms with Gasteiger partial charge in [-0.05, 0) is 37.5 Å². The lowest BCUT2D eigenvalue weighted by Crippen LogP contribution is -2.41. The summed E-state index contributed by atoms with van der Waals surface area (Å²) < 4.78 is 1.88. The third kappa shape index (κ3) is 3.87. The van der Waals surface area contributed by atoms with Crippen LogP contribution in [0.1, 0.15) is 31.2 Å². The number of hydrogen-bond donors (Lipinski definition) is 2. The SMILES string of the molecule is CCNC(=NCc1nncn1C)NCC1(c2cccc(Cl)c2)CC1. The van der Waals surface area contributed by atoms with E-state index in [0.717, 1.165) is 29.9 Å². The number of aliphatic imine (C=N–C) groups is 1. The molecule has 1 aliphatic carbocycles. The molecule has 128 valence electrons. The van der Waals surface area contributed by atoms with E-state index in [4.69, 9.17) is 11.6 Å². The van der Waals surface area contributed by atoms with Crippen LogP contribution in [0, 0.1) is 0 Å². The van der Waals surface area contributed by atoms with E-state index in [1.165, 1.54) is 18.4 Å². The first-order chi connectivity index (χ1) is 11.6. The summed E-state index contributed by atoms with van der Waals surface area (Å²) in [5, 5.41) is 15.5. The molecule has 1 fully saturated rings. The van der Waals surface area contributed by atoms with E-state index in [0.29, 0.717) is 6.54 Å². The molecule has 1 heterocycles. The van der Waals surface area contributed by atoms with E-state index < -0.39 is 0 Å². The lowest BCUT2D eigenvalue weighted by atomic mass is 9.96. The molecule has 2 N–H and O–H groups in total. The molecule has 7 heteroatoms. The molecule has 0 atom stereocenters. The van der Waals surface area contributed by atoms with Gasteiger partial charge in [-0.15, -0.1) is 10.2 Å². The van der Waals surface area contributed by atoms with Crippen LogP contribution in [0.15, 0.2) is 35.6 Å². The van der Waals surface area contributed by atoms with Crippen molar-refractivity contribution in [2.24, 2.45) is 12.0 Å². The predicted octanol–water partition coefficient (Wildman–Crippen LogP) is 2.26. The monoisotopic (exact) mass is 346 g/mol. The van der Waals surface area contributed by atoms with Gasteiger partial charge in [0, 0.05) is 30.6 Å². The summed E-state index contributed by atoms with van der Waals surface area (Å²) >= 11 is 6.14. The first-order valence-corrected chi connectivity index (χ1v) is 8.62. The molecule has 0 aliphatic heterocycles. The zero-order valence-electron chi connectivity index (χ0n) is 14.1. The van der Waals surface area contributed by atoms with Crippen LogP contribution >= 0.6 is 11.6 Å². The topological polar surface area (TPSA) is 67.1 Å². The maximum absolute atomic E-state index is 6.14. The number of aryl methyl sites for hydroxylation is 1. The minimum absolute atomic E-state index is 0.172. The summed E-state index contributed by atoms with van der Waals surface area (Å²) in [5.74, 6) is 1.64. The highest BCUT2D eigenvalue weighted by atomic mass is 35.5. The Morgan fingerprint density at radius 2 is 2.21 bits per heavy atom. The lowest BCUT2D eigenvalue weighted by molar-refractivity contribution is 0.644. The number of aromatic nitrogens is 3. The zero-order valence-corrected chi connectivity index (χ0v) is 14.8. The van der Waals surface area contributed by atoms with Crippen LogP contribution in [0.2, 0.25) is 5.02 Å². The number of nitrogens with zero attached hydrogens (tertiary/aromatic N) is 4. The van der Waals surface area contributed by atoms with Crippen molar-refractivity contribution in [3.8, 4) is 0 Å². The summed E-state index contributed by atoms with van der Waals surface area (Å²) in [6.07, 6.45) is 4.02. The molecule has 3 rings (SSSR count). The molecular weight excluding hydrogens is 324 g/mol. The number of rotatable bonds is 6. The fourth-order valence-electron chi connectivity index (χ4n) is 2.73. The van der Waals surface area contributed by atoms with Crippen LogP contribution < -0.4 is 10.6 Å². The molecule has 1 aliphatic rings. The zero-order chi connectivity index (χ0) is 17.0. The number of halogens is 1. The van der Waals surface area contributed by atoms with Crippen molar-refractivity contribution in [1.82, 2.24) is 25.4 Å². The van der Waals surface area contributed by atoms with Gasteiger partial charge in [0.2, 0.25) is 0 Å². The number of benzene rings is 1. The van der Waals surface area contributed by atoms with Gasteiger partial charge >= 0.3 is 0 Å². The van der Waals surface area contributed by atoms with Gasteiger partial charge in [0.15, 0.2) is 11.8 Å². The molecule has 2 aromatic rings. The van der Waals surface area contributed by atoms with Crippen LogP contribution in [0.5, 0.6) is 0 Å². The molecule has 0 unspecified atom stereocenters. The highest BCUT2D eigenvalue weighted by Crippen LogP contribution is 2.48. The van der Waals surface area contributed by atoms with E-state index in [1.807, 2.05) is 23.7 Å². The molecule has 0 bridgehead atoms. The molecule has 1 saturated carbocycles. The van der Waals surface area contributed by atoms with Gasteiger partial charge < -0.3 is 15.2 Å². The molecule has 24 heavy (non-hydrogen) atoms. The Hall–Kier alpha value is -2.08. The van der Waals surface area contributed by atoms with Gasteiger partial charge in [-0.2, -0.15) is 0 Å². The van der Waals surface area contributed by atoms with Crippen LogP contribution in [-0.2, 0) is 19.0 Å². The van der Waals surface area contributed by atoms with Gasteiger partial charge in [-0.25, -0.2) is 4.99 Å². The number of nitrogens with one attached hydrogen (secondary N) is 2. The fourth-order valence-corrected chi connectivity index (χ4v) is 2.92. The Morgan fingerprint density at radius 1 is 1.38 bits per heavy atom. The molecule has 0 saturated heterocycles. The summed E-state index contributed by atoms with van der Waals surface area (Å²) in [7, 11) is 1.92. The van der Waals surface area contributed by atoms with Crippen LogP contribution in [0.3, 0.4) is 0 Å². The number of hydrogen-bond acceptors (Lipinski definition) is 3. The third-order valence-electron chi connectivity index (χ3n) is 4.41. The molecule has 0 spiro atoms. The van der Waals surface area contributed by atoms with Gasteiger partial charge in [-0.1, -0.05) is 23.7 Å². The summed E-state index contributed by atoms with van der Waals surface area (Å²) in [6, 6.07) is 8.16. The summed E-state index contributed by atoms with van der Waals surface area (Å²) in [5.41, 5.74) is 1.47. The standard InChI is InChI=1S/C17H23ClN6/c1-3-19-16(20-10-15-23-22-12-24(15)2)21-11-17(7-8-17)13-5-4-6-14(18)9-13/h4-6,9,12H,3,7-8,10-11H2,1-2H3,(H2,19,20,21). The minimum Gasteiger partial charge on any atom is -0.357 e. The highest BCUT2D eigenvalue weighted by molar-refractivity contribution is 6.30. The smallest absolute Gasteiger partial charge is 0.191 e. The Kier molecular flexibility index (Phi) is 5.04. The second-order valence-corrected chi connectivity index (χ2v) is 6.63. The molecule has 0 amide bonds. The number of guanidine groups is 1. The van der Waals surface area contributed by atoms with Gasteiger partial charge in [0.25, 0.3) is 0 Å². The van der Waals surface area contributed by atoms with Crippen LogP contribution in [-0.4, -0.2) is 33.8 Å². The first-order valence-electron chi connectivity index (χ1n) is 8.24. The largest absolute Gasteiger partial charge is 0.357 e. The molecular formula is C17H23ClN6. The van der Waals surface area contributed by atoms with Crippen molar-refractivity contribution < 1.29 is 0 Å². The lowest BCUT2D eigenvalue weighted by Gasteiger charge is -2.19.